The third kappa shape index (κ3) is 4.36. The molecule has 2 aromatic heterocycles. The van der Waals surface area contributed by atoms with E-state index in [1.165, 1.54) is 22.7 Å². The maximum absolute atomic E-state index is 5.65. The molecule has 0 amide bonds. The van der Waals surface area contributed by atoms with E-state index < -0.39 is 0 Å². The van der Waals surface area contributed by atoms with Crippen LogP contribution in [0.25, 0.3) is 10.6 Å². The monoisotopic (exact) mass is 412 g/mol. The zero-order valence-electron chi connectivity index (χ0n) is 17.4. The van der Waals surface area contributed by atoms with Gasteiger partial charge in [-0.3, -0.25) is 4.90 Å². The highest BCUT2D eigenvalue weighted by atomic mass is 32.1. The maximum atomic E-state index is 5.65. The number of piperidine rings is 1. The van der Waals surface area contributed by atoms with Crippen LogP contribution in [-0.2, 0) is 13.0 Å². The van der Waals surface area contributed by atoms with E-state index in [0.29, 0.717) is 12.5 Å². The summed E-state index contributed by atoms with van der Waals surface area (Å²) >= 11 is 1.43. The van der Waals surface area contributed by atoms with Gasteiger partial charge in [0, 0.05) is 18.0 Å². The van der Waals surface area contributed by atoms with Crippen molar-refractivity contribution in [3.05, 3.63) is 46.8 Å². The lowest BCUT2D eigenvalue weighted by Gasteiger charge is -2.31. The Morgan fingerprint density at radius 1 is 1.17 bits per heavy atom. The van der Waals surface area contributed by atoms with Crippen LogP contribution in [0.4, 0.5) is 0 Å². The molecule has 6 nitrogen and oxygen atoms in total. The molecule has 0 saturated carbocycles. The van der Waals surface area contributed by atoms with Crippen LogP contribution in [0.1, 0.15) is 55.1 Å². The van der Waals surface area contributed by atoms with Crippen molar-refractivity contribution in [3.8, 4) is 16.4 Å². The molecule has 154 valence electrons. The minimum atomic E-state index is 0.426. The molecule has 4 rings (SSSR count). The molecule has 0 bridgehead atoms. The molecule has 0 radical (unpaired) electrons. The molecule has 1 fully saturated rings. The van der Waals surface area contributed by atoms with Crippen molar-refractivity contribution < 1.29 is 9.26 Å². The molecule has 3 heterocycles. The average molecular weight is 413 g/mol. The molecular weight excluding hydrogens is 384 g/mol. The van der Waals surface area contributed by atoms with Crippen LogP contribution in [0.3, 0.4) is 0 Å². The maximum Gasteiger partial charge on any atom is 0.183 e. The summed E-state index contributed by atoms with van der Waals surface area (Å²) in [5.74, 6) is 2.23. The van der Waals surface area contributed by atoms with Crippen LogP contribution in [0.15, 0.2) is 28.8 Å². The van der Waals surface area contributed by atoms with Crippen molar-refractivity contribution in [2.75, 3.05) is 19.7 Å². The van der Waals surface area contributed by atoms with Gasteiger partial charge in [-0.05, 0) is 75.4 Å². The molecule has 0 unspecified atom stereocenters. The Morgan fingerprint density at radius 2 is 1.93 bits per heavy atom. The van der Waals surface area contributed by atoms with E-state index in [0.717, 1.165) is 66.7 Å². The Hall–Kier alpha value is -2.25. The highest BCUT2D eigenvalue weighted by Crippen LogP contribution is 2.38. The second kappa shape index (κ2) is 9.05. The fraction of sp³-hybridized carbons (Fsp3) is 0.500. The van der Waals surface area contributed by atoms with E-state index in [9.17, 15) is 0 Å². The number of hydrogen-bond acceptors (Lipinski definition) is 7. The normalized spacial score (nSPS) is 15.7. The predicted octanol–water partition coefficient (Wildman–Crippen LogP) is 4.84. The first-order valence-corrected chi connectivity index (χ1v) is 11.2. The highest BCUT2D eigenvalue weighted by molar-refractivity contribution is 7.09. The Labute approximate surface area is 176 Å². The lowest BCUT2D eigenvalue weighted by molar-refractivity contribution is 0.203. The molecule has 7 heteroatoms. The lowest BCUT2D eigenvalue weighted by atomic mass is 9.91. The molecule has 0 aliphatic carbocycles. The summed E-state index contributed by atoms with van der Waals surface area (Å²) in [5, 5.41) is 8.65. The van der Waals surface area contributed by atoms with Crippen LogP contribution in [0.5, 0.6) is 5.75 Å². The van der Waals surface area contributed by atoms with Gasteiger partial charge >= 0.3 is 0 Å². The lowest BCUT2D eigenvalue weighted by Crippen LogP contribution is -2.32. The topological polar surface area (TPSA) is 64.3 Å². The molecule has 1 saturated heterocycles. The molecule has 0 atom stereocenters. The number of ether oxygens (including phenoxy) is 1. The third-order valence-corrected chi connectivity index (χ3v) is 6.41. The number of hydrogen-bond donors (Lipinski definition) is 0. The first-order valence-electron chi connectivity index (χ1n) is 10.4. The van der Waals surface area contributed by atoms with E-state index in [1.54, 1.807) is 0 Å². The molecule has 1 aliphatic rings. The van der Waals surface area contributed by atoms with Crippen LogP contribution >= 0.6 is 11.5 Å². The smallest absolute Gasteiger partial charge is 0.183 e. The van der Waals surface area contributed by atoms with Crippen LogP contribution < -0.4 is 4.74 Å². The van der Waals surface area contributed by atoms with Gasteiger partial charge in [0.05, 0.1) is 18.0 Å². The molecule has 1 aromatic carbocycles. The SMILES string of the molecule is CCOc1ccc(CN2CCC(c3nnsc3-c3onc(C)c3CC)CC2)cc1. The first kappa shape index (κ1) is 20.0. The molecule has 29 heavy (non-hydrogen) atoms. The number of nitrogens with zero attached hydrogens (tertiary/aromatic N) is 4. The summed E-state index contributed by atoms with van der Waals surface area (Å²) in [6.45, 7) is 9.94. The number of rotatable bonds is 7. The molecular formula is C22H28N4O2S. The van der Waals surface area contributed by atoms with Gasteiger partial charge in [0.2, 0.25) is 0 Å². The van der Waals surface area contributed by atoms with E-state index in [-0.39, 0.29) is 0 Å². The zero-order chi connectivity index (χ0) is 20.2. The number of likely N-dealkylation sites (tertiary alicyclic amines) is 1. The molecule has 0 N–H and O–H groups in total. The highest BCUT2D eigenvalue weighted by Gasteiger charge is 2.28. The van der Waals surface area contributed by atoms with Gasteiger partial charge < -0.3 is 9.26 Å². The number of benzene rings is 1. The number of aromatic nitrogens is 3. The fourth-order valence-electron chi connectivity index (χ4n) is 4.09. The Morgan fingerprint density at radius 3 is 2.62 bits per heavy atom. The Bertz CT molecular complexity index is 927. The molecule has 0 spiro atoms. The molecule has 1 aliphatic heterocycles. The van der Waals surface area contributed by atoms with Crippen molar-refractivity contribution in [2.45, 2.75) is 52.5 Å². The predicted molar refractivity (Wildman–Crippen MR) is 114 cm³/mol. The summed E-state index contributed by atoms with van der Waals surface area (Å²) < 4.78 is 15.4. The summed E-state index contributed by atoms with van der Waals surface area (Å²) in [4.78, 5) is 3.58. The van der Waals surface area contributed by atoms with E-state index in [4.69, 9.17) is 9.26 Å². The van der Waals surface area contributed by atoms with Crippen molar-refractivity contribution in [1.29, 1.82) is 0 Å². The summed E-state index contributed by atoms with van der Waals surface area (Å²) in [5.41, 5.74) is 4.55. The van der Waals surface area contributed by atoms with E-state index in [2.05, 4.69) is 50.8 Å². The fourth-order valence-corrected chi connectivity index (χ4v) is 4.84. The largest absolute Gasteiger partial charge is 0.494 e. The number of aryl methyl sites for hydroxylation is 1. The molecule has 3 aromatic rings. The van der Waals surface area contributed by atoms with Crippen molar-refractivity contribution in [2.24, 2.45) is 0 Å². The van der Waals surface area contributed by atoms with Crippen molar-refractivity contribution in [1.82, 2.24) is 19.6 Å². The Balaban J connectivity index is 1.40. The average Bonchev–Trinajstić information content (AvgIpc) is 3.36. The van der Waals surface area contributed by atoms with Gasteiger partial charge in [-0.2, -0.15) is 0 Å². The van der Waals surface area contributed by atoms with Gasteiger partial charge in [0.15, 0.2) is 5.76 Å². The van der Waals surface area contributed by atoms with Gasteiger partial charge in [0.25, 0.3) is 0 Å². The second-order valence-corrected chi connectivity index (χ2v) is 8.30. The van der Waals surface area contributed by atoms with Crippen LogP contribution in [-0.4, -0.2) is 39.3 Å². The van der Waals surface area contributed by atoms with Crippen molar-refractivity contribution >= 4 is 11.5 Å². The summed E-state index contributed by atoms with van der Waals surface area (Å²) in [7, 11) is 0. The minimum Gasteiger partial charge on any atom is -0.494 e. The summed E-state index contributed by atoms with van der Waals surface area (Å²) in [6, 6.07) is 8.45. The minimum absolute atomic E-state index is 0.426. The van der Waals surface area contributed by atoms with E-state index >= 15 is 0 Å². The van der Waals surface area contributed by atoms with Crippen LogP contribution in [0, 0.1) is 6.92 Å². The van der Waals surface area contributed by atoms with Gasteiger partial charge in [-0.1, -0.05) is 28.7 Å². The summed E-state index contributed by atoms with van der Waals surface area (Å²) in [6.07, 6.45) is 3.08. The standard InChI is InChI=1S/C22H28N4O2S/c1-4-19-15(3)24-28-21(19)22-20(23-25-29-22)17-10-12-26(13-11-17)14-16-6-8-18(9-7-16)27-5-2/h6-9,17H,4-5,10-14H2,1-3H3. The van der Waals surface area contributed by atoms with Gasteiger partial charge in [0.1, 0.15) is 10.6 Å². The second-order valence-electron chi connectivity index (χ2n) is 7.54. The first-order chi connectivity index (χ1) is 14.2. The van der Waals surface area contributed by atoms with Gasteiger partial charge in [-0.15, -0.1) is 5.10 Å². The third-order valence-electron chi connectivity index (χ3n) is 5.67. The van der Waals surface area contributed by atoms with E-state index in [1.807, 2.05) is 13.8 Å². The zero-order valence-corrected chi connectivity index (χ0v) is 18.2. The van der Waals surface area contributed by atoms with Gasteiger partial charge in [-0.25, -0.2) is 0 Å². The Kier molecular flexibility index (Phi) is 6.25. The van der Waals surface area contributed by atoms with Crippen LogP contribution in [0.2, 0.25) is 0 Å². The van der Waals surface area contributed by atoms with Crippen molar-refractivity contribution in [3.63, 3.8) is 0 Å². The quantitative estimate of drug-likeness (QED) is 0.553.